The molecule has 1 aromatic heterocycles. The first-order chi connectivity index (χ1) is 17.5. The van der Waals surface area contributed by atoms with Gasteiger partial charge in [-0.2, -0.15) is 0 Å². The lowest BCUT2D eigenvalue weighted by molar-refractivity contribution is -0.135. The average Bonchev–Trinajstić information content (AvgIpc) is 3.07. The number of ether oxygens (including phenoxy) is 2. The molecule has 3 aliphatic rings. The number of imide groups is 1. The molecule has 5 rings (SSSR count). The monoisotopic (exact) mass is 492 g/mol. The van der Waals surface area contributed by atoms with Crippen LogP contribution in [-0.4, -0.2) is 76.6 Å². The van der Waals surface area contributed by atoms with Gasteiger partial charge in [-0.05, 0) is 60.9 Å². The van der Waals surface area contributed by atoms with Gasteiger partial charge >= 0.3 is 6.03 Å². The molecule has 4 heterocycles. The van der Waals surface area contributed by atoms with E-state index in [9.17, 15) is 9.59 Å². The van der Waals surface area contributed by atoms with Gasteiger partial charge in [-0.1, -0.05) is 26.0 Å². The second kappa shape index (κ2) is 10.5. The zero-order valence-electron chi connectivity index (χ0n) is 21.3. The van der Waals surface area contributed by atoms with E-state index < -0.39 is 5.54 Å². The van der Waals surface area contributed by atoms with Gasteiger partial charge in [-0.3, -0.25) is 19.6 Å². The maximum Gasteiger partial charge on any atom is 0.327 e. The SMILES string of the molecule is CC(C)CN1C(=O)N(CCCc2cccnc2)C(=O)C12CCN(Cc1ccc3c(c1)OCCO3)CC2. The summed E-state index contributed by atoms with van der Waals surface area (Å²) in [7, 11) is 0. The standard InChI is InChI=1S/C28H36N4O4/c1-21(2)19-32-27(34)31(12-4-6-22-5-3-11-29-18-22)26(33)28(32)9-13-30(14-10-28)20-23-7-8-24-25(17-23)36-16-15-35-24/h3,5,7-8,11,17-18,21H,4,6,9-10,12-16,19-20H2,1-2H3. The lowest BCUT2D eigenvalue weighted by Crippen LogP contribution is -2.57. The molecule has 36 heavy (non-hydrogen) atoms. The maximum absolute atomic E-state index is 13.8. The fraction of sp³-hybridized carbons (Fsp3) is 0.536. The lowest BCUT2D eigenvalue weighted by atomic mass is 9.85. The Kier molecular flexibility index (Phi) is 7.14. The summed E-state index contributed by atoms with van der Waals surface area (Å²) in [6, 6.07) is 9.93. The number of aryl methyl sites for hydroxylation is 1. The summed E-state index contributed by atoms with van der Waals surface area (Å²) in [5, 5.41) is 0. The number of fused-ring (bicyclic) bond motifs is 1. The minimum atomic E-state index is -0.723. The highest BCUT2D eigenvalue weighted by molar-refractivity contribution is 6.07. The first kappa shape index (κ1) is 24.6. The average molecular weight is 493 g/mol. The Morgan fingerprint density at radius 1 is 1.03 bits per heavy atom. The number of piperidine rings is 1. The molecule has 1 aromatic carbocycles. The van der Waals surface area contributed by atoms with E-state index >= 15 is 0 Å². The molecule has 0 radical (unpaired) electrons. The molecule has 0 aliphatic carbocycles. The van der Waals surface area contributed by atoms with Crippen molar-refractivity contribution >= 4 is 11.9 Å². The molecule has 3 aliphatic heterocycles. The van der Waals surface area contributed by atoms with Crippen molar-refractivity contribution in [3.05, 3.63) is 53.9 Å². The Labute approximate surface area is 213 Å². The number of hydrogen-bond acceptors (Lipinski definition) is 6. The molecular formula is C28H36N4O4. The van der Waals surface area contributed by atoms with Gasteiger partial charge < -0.3 is 14.4 Å². The highest BCUT2D eigenvalue weighted by Crippen LogP contribution is 2.39. The fourth-order valence-electron chi connectivity index (χ4n) is 5.59. The van der Waals surface area contributed by atoms with Crippen molar-refractivity contribution in [1.29, 1.82) is 0 Å². The molecule has 2 aromatic rings. The van der Waals surface area contributed by atoms with Crippen molar-refractivity contribution < 1.29 is 19.1 Å². The molecule has 192 valence electrons. The van der Waals surface area contributed by atoms with Crippen molar-refractivity contribution in [2.24, 2.45) is 5.92 Å². The largest absolute Gasteiger partial charge is 0.486 e. The van der Waals surface area contributed by atoms with Crippen LogP contribution in [0.3, 0.4) is 0 Å². The van der Waals surface area contributed by atoms with Gasteiger partial charge in [0.05, 0.1) is 0 Å². The number of benzene rings is 1. The molecular weight excluding hydrogens is 456 g/mol. The smallest absolute Gasteiger partial charge is 0.327 e. The van der Waals surface area contributed by atoms with E-state index in [0.29, 0.717) is 45.1 Å². The van der Waals surface area contributed by atoms with Gasteiger partial charge in [-0.15, -0.1) is 0 Å². The molecule has 0 atom stereocenters. The van der Waals surface area contributed by atoms with Crippen LogP contribution in [0.2, 0.25) is 0 Å². The molecule has 0 bridgehead atoms. The minimum absolute atomic E-state index is 0.0154. The fourth-order valence-corrected chi connectivity index (χ4v) is 5.59. The number of likely N-dealkylation sites (tertiary alicyclic amines) is 1. The molecule has 2 fully saturated rings. The normalized spacial score (nSPS) is 19.5. The molecule has 0 unspecified atom stereocenters. The Morgan fingerprint density at radius 2 is 1.81 bits per heavy atom. The third-order valence-electron chi connectivity index (χ3n) is 7.44. The predicted octanol–water partition coefficient (Wildman–Crippen LogP) is 3.74. The third kappa shape index (κ3) is 4.91. The van der Waals surface area contributed by atoms with Crippen molar-refractivity contribution in [1.82, 2.24) is 19.7 Å². The lowest BCUT2D eigenvalue weighted by Gasteiger charge is -2.42. The van der Waals surface area contributed by atoms with E-state index in [0.717, 1.165) is 49.5 Å². The number of urea groups is 1. The quantitative estimate of drug-likeness (QED) is 0.523. The predicted molar refractivity (Wildman–Crippen MR) is 136 cm³/mol. The number of aromatic nitrogens is 1. The van der Waals surface area contributed by atoms with Gasteiger partial charge in [0, 0.05) is 45.1 Å². The van der Waals surface area contributed by atoms with Crippen LogP contribution in [0.25, 0.3) is 0 Å². The first-order valence-electron chi connectivity index (χ1n) is 13.1. The van der Waals surface area contributed by atoms with Crippen LogP contribution < -0.4 is 9.47 Å². The van der Waals surface area contributed by atoms with Crippen molar-refractivity contribution in [2.45, 2.75) is 51.6 Å². The number of nitrogens with zero attached hydrogens (tertiary/aromatic N) is 4. The summed E-state index contributed by atoms with van der Waals surface area (Å²) in [5.74, 6) is 1.88. The van der Waals surface area contributed by atoms with Crippen molar-refractivity contribution in [3.8, 4) is 11.5 Å². The Bertz CT molecular complexity index is 1080. The van der Waals surface area contributed by atoms with Crippen LogP contribution in [0.4, 0.5) is 4.79 Å². The second-order valence-electron chi connectivity index (χ2n) is 10.5. The van der Waals surface area contributed by atoms with Crippen LogP contribution in [0, 0.1) is 5.92 Å². The van der Waals surface area contributed by atoms with Gasteiger partial charge in [0.2, 0.25) is 0 Å². The second-order valence-corrected chi connectivity index (χ2v) is 10.5. The van der Waals surface area contributed by atoms with E-state index in [1.165, 1.54) is 10.5 Å². The Balaban J connectivity index is 1.24. The van der Waals surface area contributed by atoms with E-state index in [2.05, 4.69) is 35.9 Å². The summed E-state index contributed by atoms with van der Waals surface area (Å²) in [6.45, 7) is 8.74. The summed E-state index contributed by atoms with van der Waals surface area (Å²) >= 11 is 0. The van der Waals surface area contributed by atoms with Crippen molar-refractivity contribution in [3.63, 3.8) is 0 Å². The molecule has 8 heteroatoms. The number of hydrogen-bond donors (Lipinski definition) is 0. The molecule has 1 spiro atoms. The highest BCUT2D eigenvalue weighted by Gasteiger charge is 2.57. The topological polar surface area (TPSA) is 75.2 Å². The summed E-state index contributed by atoms with van der Waals surface area (Å²) in [4.78, 5) is 37.1. The van der Waals surface area contributed by atoms with Gasteiger partial charge in [0.25, 0.3) is 5.91 Å². The van der Waals surface area contributed by atoms with E-state index in [1.54, 1.807) is 6.20 Å². The third-order valence-corrected chi connectivity index (χ3v) is 7.44. The van der Waals surface area contributed by atoms with Crippen LogP contribution in [-0.2, 0) is 17.8 Å². The van der Waals surface area contributed by atoms with Gasteiger partial charge in [0.1, 0.15) is 18.8 Å². The van der Waals surface area contributed by atoms with Gasteiger partial charge in [-0.25, -0.2) is 4.79 Å². The zero-order chi connectivity index (χ0) is 25.1. The number of carbonyl (C=O) groups excluding carboxylic acids is 2. The number of amides is 3. The molecule has 8 nitrogen and oxygen atoms in total. The van der Waals surface area contributed by atoms with Gasteiger partial charge in [0.15, 0.2) is 11.5 Å². The Hall–Kier alpha value is -3.13. The van der Waals surface area contributed by atoms with Crippen LogP contribution in [0.1, 0.15) is 44.2 Å². The molecule has 3 amide bonds. The van der Waals surface area contributed by atoms with Crippen LogP contribution in [0.15, 0.2) is 42.7 Å². The van der Waals surface area contributed by atoms with E-state index in [-0.39, 0.29) is 11.9 Å². The zero-order valence-corrected chi connectivity index (χ0v) is 21.3. The highest BCUT2D eigenvalue weighted by atomic mass is 16.6. The van der Waals surface area contributed by atoms with E-state index in [1.807, 2.05) is 29.3 Å². The van der Waals surface area contributed by atoms with Crippen molar-refractivity contribution in [2.75, 3.05) is 39.4 Å². The number of pyridine rings is 1. The summed E-state index contributed by atoms with van der Waals surface area (Å²) in [5.41, 5.74) is 1.57. The first-order valence-corrected chi connectivity index (χ1v) is 13.1. The molecule has 2 saturated heterocycles. The number of carbonyl (C=O) groups is 2. The molecule has 0 N–H and O–H groups in total. The summed E-state index contributed by atoms with van der Waals surface area (Å²) < 4.78 is 11.4. The Morgan fingerprint density at radius 3 is 2.53 bits per heavy atom. The number of rotatable bonds is 8. The molecule has 0 saturated carbocycles. The van der Waals surface area contributed by atoms with Crippen LogP contribution >= 0.6 is 0 Å². The summed E-state index contributed by atoms with van der Waals surface area (Å²) in [6.07, 6.45) is 6.46. The minimum Gasteiger partial charge on any atom is -0.486 e. The van der Waals surface area contributed by atoms with Crippen LogP contribution in [0.5, 0.6) is 11.5 Å². The van der Waals surface area contributed by atoms with E-state index in [4.69, 9.17) is 9.47 Å². The maximum atomic E-state index is 13.8.